The minimum absolute atomic E-state index is 0.167. The van der Waals surface area contributed by atoms with Gasteiger partial charge in [-0.3, -0.25) is 9.59 Å². The van der Waals surface area contributed by atoms with E-state index in [2.05, 4.69) is 6.58 Å². The van der Waals surface area contributed by atoms with Gasteiger partial charge in [-0.15, -0.1) is 6.58 Å². The van der Waals surface area contributed by atoms with Crippen LogP contribution in [0.2, 0.25) is 0 Å². The lowest BCUT2D eigenvalue weighted by atomic mass is 9.78. The van der Waals surface area contributed by atoms with Crippen molar-refractivity contribution in [2.45, 2.75) is 19.8 Å². The number of rotatable bonds is 6. The normalized spacial score (nSPS) is 10.8. The number of ether oxygens (including phenoxy) is 2. The molecule has 0 aliphatic heterocycles. The van der Waals surface area contributed by atoms with Crippen LogP contribution in [-0.2, 0) is 25.5 Å². The monoisotopic (exact) mass is 276 g/mol. The van der Waals surface area contributed by atoms with E-state index < -0.39 is 17.4 Å². The number of esters is 2. The molecule has 1 rings (SSSR count). The SMILES string of the molecule is C=CCC(Cc1cccc(C)c1)(C(=O)OC)C(=O)OC. The van der Waals surface area contributed by atoms with Crippen molar-refractivity contribution in [1.82, 2.24) is 0 Å². The molecule has 4 nitrogen and oxygen atoms in total. The van der Waals surface area contributed by atoms with Gasteiger partial charge in [0.15, 0.2) is 5.41 Å². The fourth-order valence-electron chi connectivity index (χ4n) is 2.27. The van der Waals surface area contributed by atoms with Gasteiger partial charge in [0.1, 0.15) is 0 Å². The molecule has 0 fully saturated rings. The number of methoxy groups -OCH3 is 2. The van der Waals surface area contributed by atoms with E-state index in [1.165, 1.54) is 20.3 Å². The molecule has 20 heavy (non-hydrogen) atoms. The minimum atomic E-state index is -1.38. The first-order valence-corrected chi connectivity index (χ1v) is 6.33. The highest BCUT2D eigenvalue weighted by Crippen LogP contribution is 2.31. The number of carbonyl (C=O) groups excluding carboxylic acids is 2. The molecule has 0 radical (unpaired) electrons. The molecular weight excluding hydrogens is 256 g/mol. The largest absolute Gasteiger partial charge is 0.468 e. The number of hydrogen-bond donors (Lipinski definition) is 0. The minimum Gasteiger partial charge on any atom is -0.468 e. The standard InChI is InChI=1S/C16H20O4/c1-5-9-16(14(17)19-3,15(18)20-4)11-13-8-6-7-12(2)10-13/h5-8,10H,1,9,11H2,2-4H3. The summed E-state index contributed by atoms with van der Waals surface area (Å²) < 4.78 is 9.61. The van der Waals surface area contributed by atoms with Crippen LogP contribution in [0.15, 0.2) is 36.9 Å². The van der Waals surface area contributed by atoms with Gasteiger partial charge in [-0.05, 0) is 25.3 Å². The third-order valence-corrected chi connectivity index (χ3v) is 3.23. The van der Waals surface area contributed by atoms with Crippen LogP contribution in [-0.4, -0.2) is 26.2 Å². The average molecular weight is 276 g/mol. The number of carbonyl (C=O) groups is 2. The second-order valence-electron chi connectivity index (χ2n) is 4.72. The third-order valence-electron chi connectivity index (χ3n) is 3.23. The van der Waals surface area contributed by atoms with Gasteiger partial charge < -0.3 is 9.47 Å². The van der Waals surface area contributed by atoms with Crippen molar-refractivity contribution < 1.29 is 19.1 Å². The van der Waals surface area contributed by atoms with E-state index in [0.29, 0.717) is 0 Å². The summed E-state index contributed by atoms with van der Waals surface area (Å²) in [5, 5.41) is 0. The van der Waals surface area contributed by atoms with Crippen LogP contribution in [0.25, 0.3) is 0 Å². The topological polar surface area (TPSA) is 52.6 Å². The van der Waals surface area contributed by atoms with E-state index in [4.69, 9.17) is 9.47 Å². The summed E-state index contributed by atoms with van der Waals surface area (Å²) in [4.78, 5) is 24.3. The molecule has 0 N–H and O–H groups in total. The van der Waals surface area contributed by atoms with Crippen LogP contribution in [0.5, 0.6) is 0 Å². The van der Waals surface area contributed by atoms with Gasteiger partial charge in [-0.1, -0.05) is 35.9 Å². The Morgan fingerprint density at radius 1 is 1.25 bits per heavy atom. The maximum atomic E-state index is 12.1. The smallest absolute Gasteiger partial charge is 0.323 e. The highest BCUT2D eigenvalue weighted by molar-refractivity contribution is 6.00. The Balaban J connectivity index is 3.24. The molecule has 0 atom stereocenters. The van der Waals surface area contributed by atoms with Crippen LogP contribution in [0.3, 0.4) is 0 Å². The highest BCUT2D eigenvalue weighted by atomic mass is 16.5. The first kappa shape index (κ1) is 16.0. The molecule has 0 aliphatic carbocycles. The summed E-state index contributed by atoms with van der Waals surface area (Å²) in [6.07, 6.45) is 1.92. The average Bonchev–Trinajstić information content (AvgIpc) is 2.45. The van der Waals surface area contributed by atoms with E-state index in [1.807, 2.05) is 31.2 Å². The van der Waals surface area contributed by atoms with Gasteiger partial charge >= 0.3 is 11.9 Å². The van der Waals surface area contributed by atoms with E-state index in [-0.39, 0.29) is 12.8 Å². The molecule has 108 valence electrons. The van der Waals surface area contributed by atoms with Crippen molar-refractivity contribution >= 4 is 11.9 Å². The zero-order chi connectivity index (χ0) is 15.2. The first-order chi connectivity index (χ1) is 9.50. The quantitative estimate of drug-likeness (QED) is 0.455. The molecule has 4 heteroatoms. The van der Waals surface area contributed by atoms with Gasteiger partial charge in [0.2, 0.25) is 0 Å². The van der Waals surface area contributed by atoms with Gasteiger partial charge in [0.05, 0.1) is 14.2 Å². The van der Waals surface area contributed by atoms with E-state index in [9.17, 15) is 9.59 Å². The molecule has 0 saturated carbocycles. The van der Waals surface area contributed by atoms with Gasteiger partial charge in [0, 0.05) is 0 Å². The Hall–Kier alpha value is -2.10. The molecule has 0 spiro atoms. The number of aryl methyl sites for hydroxylation is 1. The first-order valence-electron chi connectivity index (χ1n) is 6.33. The zero-order valence-electron chi connectivity index (χ0n) is 12.1. The predicted molar refractivity (Wildman–Crippen MR) is 76.2 cm³/mol. The second kappa shape index (κ2) is 6.89. The Morgan fingerprint density at radius 3 is 2.30 bits per heavy atom. The van der Waals surface area contributed by atoms with Crippen molar-refractivity contribution in [2.24, 2.45) is 5.41 Å². The van der Waals surface area contributed by atoms with Crippen LogP contribution < -0.4 is 0 Å². The van der Waals surface area contributed by atoms with Crippen LogP contribution >= 0.6 is 0 Å². The van der Waals surface area contributed by atoms with E-state index in [1.54, 1.807) is 0 Å². The van der Waals surface area contributed by atoms with Crippen LogP contribution in [0.1, 0.15) is 17.5 Å². The lowest BCUT2D eigenvalue weighted by Crippen LogP contribution is -2.42. The zero-order valence-corrected chi connectivity index (χ0v) is 12.1. The molecule has 1 aromatic rings. The lowest BCUT2D eigenvalue weighted by molar-refractivity contribution is -0.168. The summed E-state index contributed by atoms with van der Waals surface area (Å²) in [7, 11) is 2.53. The molecule has 0 heterocycles. The Morgan fingerprint density at radius 2 is 1.85 bits per heavy atom. The fourth-order valence-corrected chi connectivity index (χ4v) is 2.27. The van der Waals surface area contributed by atoms with Crippen molar-refractivity contribution in [3.63, 3.8) is 0 Å². The molecular formula is C16H20O4. The maximum Gasteiger partial charge on any atom is 0.323 e. The molecule has 0 unspecified atom stereocenters. The van der Waals surface area contributed by atoms with Gasteiger partial charge in [0.25, 0.3) is 0 Å². The summed E-state index contributed by atoms with van der Waals surface area (Å²) in [5.74, 6) is -1.21. The number of benzene rings is 1. The van der Waals surface area contributed by atoms with Crippen molar-refractivity contribution in [1.29, 1.82) is 0 Å². The Bertz CT molecular complexity index is 489. The molecule has 0 amide bonds. The van der Waals surface area contributed by atoms with Crippen molar-refractivity contribution in [3.05, 3.63) is 48.0 Å². The highest BCUT2D eigenvalue weighted by Gasteiger charge is 2.47. The Kier molecular flexibility index (Phi) is 5.50. The summed E-state index contributed by atoms with van der Waals surface area (Å²) in [6, 6.07) is 7.65. The number of allylic oxidation sites excluding steroid dienone is 1. The Labute approximate surface area is 119 Å². The van der Waals surface area contributed by atoms with Crippen molar-refractivity contribution in [2.75, 3.05) is 14.2 Å². The molecule has 0 bridgehead atoms. The summed E-state index contributed by atoms with van der Waals surface area (Å²) >= 11 is 0. The fraction of sp³-hybridized carbons (Fsp3) is 0.375. The van der Waals surface area contributed by atoms with Crippen molar-refractivity contribution in [3.8, 4) is 0 Å². The van der Waals surface area contributed by atoms with Gasteiger partial charge in [-0.2, -0.15) is 0 Å². The molecule has 0 saturated heterocycles. The molecule has 0 aromatic heterocycles. The van der Waals surface area contributed by atoms with E-state index in [0.717, 1.165) is 11.1 Å². The third kappa shape index (κ3) is 3.26. The van der Waals surface area contributed by atoms with Crippen LogP contribution in [0, 0.1) is 12.3 Å². The number of hydrogen-bond acceptors (Lipinski definition) is 4. The van der Waals surface area contributed by atoms with Gasteiger partial charge in [-0.25, -0.2) is 0 Å². The van der Waals surface area contributed by atoms with E-state index >= 15 is 0 Å². The predicted octanol–water partition coefficient (Wildman–Crippen LogP) is 2.45. The molecule has 1 aromatic carbocycles. The summed E-state index contributed by atoms with van der Waals surface area (Å²) in [5.41, 5.74) is 0.561. The molecule has 0 aliphatic rings. The second-order valence-corrected chi connectivity index (χ2v) is 4.72. The van der Waals surface area contributed by atoms with Crippen LogP contribution in [0.4, 0.5) is 0 Å². The lowest BCUT2D eigenvalue weighted by Gasteiger charge is -2.27. The summed E-state index contributed by atoms with van der Waals surface area (Å²) in [6.45, 7) is 5.58. The maximum absolute atomic E-state index is 12.1.